The summed E-state index contributed by atoms with van der Waals surface area (Å²) >= 11 is 0. The van der Waals surface area contributed by atoms with Crippen LogP contribution in [0.4, 0.5) is 4.79 Å². The molecule has 0 aliphatic rings. The molecule has 1 unspecified atom stereocenters. The van der Waals surface area contributed by atoms with E-state index in [0.717, 1.165) is 0 Å². The molecule has 0 radical (unpaired) electrons. The highest BCUT2D eigenvalue weighted by Gasteiger charge is 2.36. The zero-order valence-electron chi connectivity index (χ0n) is 17.6. The molecule has 1 amide bonds. The molecule has 0 aliphatic heterocycles. The molecule has 2 N–H and O–H groups in total. The van der Waals surface area contributed by atoms with Gasteiger partial charge in [0.1, 0.15) is 11.6 Å². The van der Waals surface area contributed by atoms with Gasteiger partial charge in [0.2, 0.25) is 16.1 Å². The van der Waals surface area contributed by atoms with E-state index >= 15 is 0 Å². The minimum absolute atomic E-state index is 0.134. The second-order valence-electron chi connectivity index (χ2n) is 7.64. The molecule has 31 heavy (non-hydrogen) atoms. The Morgan fingerprint density at radius 3 is 2.32 bits per heavy atom. The lowest BCUT2D eigenvalue weighted by Crippen LogP contribution is -2.52. The summed E-state index contributed by atoms with van der Waals surface area (Å²) < 4.78 is 31.9. The predicted molar refractivity (Wildman–Crippen MR) is 112 cm³/mol. The van der Waals surface area contributed by atoms with Crippen LogP contribution < -0.4 is 5.32 Å². The van der Waals surface area contributed by atoms with Gasteiger partial charge in [0.25, 0.3) is 0 Å². The van der Waals surface area contributed by atoms with Gasteiger partial charge < -0.3 is 15.2 Å². The molecular formula is C19H27N3O8S. The zero-order valence-corrected chi connectivity index (χ0v) is 18.4. The first kappa shape index (κ1) is 26.0. The number of ether oxygens (including phenoxy) is 1. The summed E-state index contributed by atoms with van der Waals surface area (Å²) in [6, 6.07) is 4.03. The van der Waals surface area contributed by atoms with E-state index in [-0.39, 0.29) is 11.3 Å². The lowest BCUT2D eigenvalue weighted by Gasteiger charge is -2.27. The Balaban J connectivity index is 3.27. The number of carbonyl (C=O) groups excluding carboxylic acids is 1. The molecule has 2 atom stereocenters. The van der Waals surface area contributed by atoms with Gasteiger partial charge in [0.05, 0.1) is 11.4 Å². The van der Waals surface area contributed by atoms with Crippen molar-refractivity contribution in [2.45, 2.75) is 49.8 Å². The number of carbonyl (C=O) groups is 2. The molecule has 12 heteroatoms. The third-order valence-corrected chi connectivity index (χ3v) is 5.75. The Labute approximate surface area is 180 Å². The molecule has 0 aromatic heterocycles. The van der Waals surface area contributed by atoms with Crippen LogP contribution in [0.3, 0.4) is 0 Å². The van der Waals surface area contributed by atoms with Gasteiger partial charge in [-0.3, -0.25) is 10.1 Å². The fraction of sp³-hybridized carbons (Fsp3) is 0.474. The van der Waals surface area contributed by atoms with Crippen LogP contribution in [-0.4, -0.2) is 65.6 Å². The number of rotatable bonds is 11. The van der Waals surface area contributed by atoms with Crippen LogP contribution in [0.1, 0.15) is 27.2 Å². The lowest BCUT2D eigenvalue weighted by atomic mass is 10.2. The first-order valence-corrected chi connectivity index (χ1v) is 10.7. The lowest BCUT2D eigenvalue weighted by molar-refractivity contribution is -0.521. The molecule has 172 valence electrons. The number of carboxylic acids is 1. The standard InChI is InChI=1S/C19H27N3O8S/c1-5-9-14(22(26)27)12-21(31(28,29)15-10-7-6-8-11-15)13-16(17(23)24)20-18(25)30-19(2,3)4/h5-8,10-11,14,16H,1,9,12-13H2,2-4H3,(H,20,25)(H,23,24)/t14-,16?/m0/s1. The molecule has 0 fully saturated rings. The van der Waals surface area contributed by atoms with Crippen LogP contribution in [-0.2, 0) is 19.6 Å². The summed E-state index contributed by atoms with van der Waals surface area (Å²) in [5, 5.41) is 23.0. The molecule has 0 aliphatic carbocycles. The SMILES string of the molecule is C=CC[C@@H](CN(CC(NC(=O)OC(C)(C)C)C(=O)O)S(=O)(=O)c1ccccc1)[N+](=O)[O-]. The normalized spacial score (nSPS) is 13.8. The molecule has 0 spiro atoms. The average molecular weight is 458 g/mol. The van der Waals surface area contributed by atoms with Gasteiger partial charge in [-0.15, -0.1) is 6.58 Å². The van der Waals surface area contributed by atoms with Crippen molar-refractivity contribution in [2.24, 2.45) is 0 Å². The molecular weight excluding hydrogens is 430 g/mol. The Hall–Kier alpha value is -2.99. The van der Waals surface area contributed by atoms with Gasteiger partial charge in [-0.1, -0.05) is 24.3 Å². The van der Waals surface area contributed by atoms with Crippen LogP contribution in [0.5, 0.6) is 0 Å². The number of alkyl carbamates (subject to hydrolysis) is 1. The number of aliphatic carboxylic acids is 1. The second kappa shape index (κ2) is 10.9. The van der Waals surface area contributed by atoms with Crippen molar-refractivity contribution in [3.63, 3.8) is 0 Å². The highest BCUT2D eigenvalue weighted by atomic mass is 32.2. The van der Waals surface area contributed by atoms with Gasteiger partial charge in [0.15, 0.2) is 0 Å². The van der Waals surface area contributed by atoms with Crippen molar-refractivity contribution < 1.29 is 32.8 Å². The quantitative estimate of drug-likeness (QED) is 0.290. The van der Waals surface area contributed by atoms with Gasteiger partial charge >= 0.3 is 12.1 Å². The molecule has 1 rings (SSSR count). The van der Waals surface area contributed by atoms with Crippen molar-refractivity contribution in [2.75, 3.05) is 13.1 Å². The number of nitro groups is 1. The second-order valence-corrected chi connectivity index (χ2v) is 9.57. The number of sulfonamides is 1. The summed E-state index contributed by atoms with van der Waals surface area (Å²) in [5.41, 5.74) is -0.913. The fourth-order valence-corrected chi connectivity index (χ4v) is 4.02. The first-order valence-electron chi connectivity index (χ1n) is 9.30. The first-order chi connectivity index (χ1) is 14.3. The third-order valence-electron chi connectivity index (χ3n) is 3.91. The van der Waals surface area contributed by atoms with Crippen molar-refractivity contribution in [1.29, 1.82) is 0 Å². The van der Waals surface area contributed by atoms with E-state index in [1.54, 1.807) is 26.8 Å². The fourth-order valence-electron chi connectivity index (χ4n) is 2.51. The van der Waals surface area contributed by atoms with Crippen molar-refractivity contribution in [1.82, 2.24) is 9.62 Å². The molecule has 0 saturated heterocycles. The van der Waals surface area contributed by atoms with Crippen molar-refractivity contribution >= 4 is 22.1 Å². The van der Waals surface area contributed by atoms with Crippen LogP contribution in [0.15, 0.2) is 47.9 Å². The van der Waals surface area contributed by atoms with Gasteiger partial charge in [-0.05, 0) is 32.9 Å². The number of hydrogen-bond acceptors (Lipinski definition) is 7. The summed E-state index contributed by atoms with van der Waals surface area (Å²) in [5.74, 6) is -1.53. The molecule has 0 bridgehead atoms. The van der Waals surface area contributed by atoms with Crippen LogP contribution in [0, 0.1) is 10.1 Å². The average Bonchev–Trinajstić information content (AvgIpc) is 2.65. The maximum Gasteiger partial charge on any atom is 0.408 e. The van der Waals surface area contributed by atoms with E-state index < -0.39 is 57.8 Å². The maximum atomic E-state index is 13.1. The predicted octanol–water partition coefficient (Wildman–Crippen LogP) is 1.88. The maximum absolute atomic E-state index is 13.1. The van der Waals surface area contributed by atoms with Crippen molar-refractivity contribution in [3.8, 4) is 0 Å². The highest BCUT2D eigenvalue weighted by molar-refractivity contribution is 7.89. The number of nitrogens with zero attached hydrogens (tertiary/aromatic N) is 2. The minimum Gasteiger partial charge on any atom is -0.480 e. The van der Waals surface area contributed by atoms with E-state index in [0.29, 0.717) is 4.31 Å². The number of benzene rings is 1. The third kappa shape index (κ3) is 8.34. The molecule has 0 heterocycles. The van der Waals surface area contributed by atoms with E-state index in [4.69, 9.17) is 4.74 Å². The Morgan fingerprint density at radius 1 is 1.29 bits per heavy atom. The van der Waals surface area contributed by atoms with Crippen molar-refractivity contribution in [3.05, 3.63) is 53.1 Å². The largest absolute Gasteiger partial charge is 0.480 e. The van der Waals surface area contributed by atoms with Crippen LogP contribution in [0.2, 0.25) is 0 Å². The summed E-state index contributed by atoms with van der Waals surface area (Å²) in [4.78, 5) is 34.3. The smallest absolute Gasteiger partial charge is 0.408 e. The number of nitrogens with one attached hydrogen (secondary N) is 1. The van der Waals surface area contributed by atoms with E-state index in [1.807, 2.05) is 0 Å². The monoisotopic (exact) mass is 457 g/mol. The summed E-state index contributed by atoms with van der Waals surface area (Å²) in [6.45, 7) is 6.80. The van der Waals surface area contributed by atoms with E-state index in [2.05, 4.69) is 11.9 Å². The summed E-state index contributed by atoms with van der Waals surface area (Å²) in [7, 11) is -4.31. The van der Waals surface area contributed by atoms with Crippen LogP contribution >= 0.6 is 0 Å². The molecule has 0 saturated carbocycles. The summed E-state index contributed by atoms with van der Waals surface area (Å²) in [6.07, 6.45) is 0.0771. The molecule has 1 aromatic carbocycles. The highest BCUT2D eigenvalue weighted by Crippen LogP contribution is 2.18. The number of carboxylic acid groups (broad SMARTS) is 1. The van der Waals surface area contributed by atoms with E-state index in [9.17, 15) is 33.2 Å². The Morgan fingerprint density at radius 2 is 1.87 bits per heavy atom. The Kier molecular flexibility index (Phi) is 9.13. The topological polar surface area (TPSA) is 156 Å². The number of hydrogen-bond donors (Lipinski definition) is 2. The van der Waals surface area contributed by atoms with E-state index in [1.165, 1.54) is 30.3 Å². The van der Waals surface area contributed by atoms with Gasteiger partial charge in [-0.25, -0.2) is 18.0 Å². The molecule has 11 nitrogen and oxygen atoms in total. The number of amides is 1. The van der Waals surface area contributed by atoms with Gasteiger partial charge in [0, 0.05) is 17.9 Å². The van der Waals surface area contributed by atoms with Crippen LogP contribution in [0.25, 0.3) is 0 Å². The Bertz CT molecular complexity index is 896. The van der Waals surface area contributed by atoms with Gasteiger partial charge in [-0.2, -0.15) is 4.31 Å². The zero-order chi connectivity index (χ0) is 23.8. The minimum atomic E-state index is -4.31. The molecule has 1 aromatic rings.